The van der Waals surface area contributed by atoms with E-state index in [1.807, 2.05) is 36.4 Å². The Balaban J connectivity index is 1.69. The molecule has 6 heteroatoms. The van der Waals surface area contributed by atoms with Gasteiger partial charge in [-0.3, -0.25) is 0 Å². The third-order valence-corrected chi connectivity index (χ3v) is 8.74. The van der Waals surface area contributed by atoms with Crippen LogP contribution in [-0.2, 0) is 0 Å². The summed E-state index contributed by atoms with van der Waals surface area (Å²) in [6, 6.07) is 14.9. The average molecular weight is 471 g/mol. The molecule has 0 spiro atoms. The van der Waals surface area contributed by atoms with Crippen molar-refractivity contribution in [2.75, 3.05) is 6.61 Å². The molecule has 2 aromatic carbocycles. The molecule has 5 unspecified atom stereocenters. The summed E-state index contributed by atoms with van der Waals surface area (Å²) in [5.41, 5.74) is -3.10. The van der Waals surface area contributed by atoms with Gasteiger partial charge in [-0.15, -0.1) is 0 Å². The Morgan fingerprint density at radius 2 is 1.24 bits per heavy atom. The second-order valence-corrected chi connectivity index (χ2v) is 10.4. The van der Waals surface area contributed by atoms with Crippen LogP contribution in [0.25, 0.3) is 0 Å². The summed E-state index contributed by atoms with van der Waals surface area (Å²) in [6.07, 6.45) is -1.07. The van der Waals surface area contributed by atoms with Crippen LogP contribution in [0.3, 0.4) is 0 Å². The van der Waals surface area contributed by atoms with Crippen molar-refractivity contribution in [1.29, 1.82) is 0 Å². The largest absolute Gasteiger partial charge is 0.394 e. The predicted molar refractivity (Wildman–Crippen MR) is 130 cm³/mol. The predicted octanol–water partition coefficient (Wildman–Crippen LogP) is 2.52. The number of aliphatic hydroxyl groups excluding tert-OH is 3. The standard InChI is InChI=1S/C28H38O6/c1-5-16(3)18-7-11-20(12-8-18)23-25(31)27(23,33)28(34)24(26(28,32)22(30)15-29)21-13-9-19(10-14-21)17(4)6-2/h7-14,16-17,22-25,29-34H,5-6,15H2,1-4H3/t16?,17?,22-,23?,24?,25?,26+,27+,28+/m1/s1. The maximum absolute atomic E-state index is 11.7. The third kappa shape index (κ3) is 3.31. The lowest BCUT2D eigenvalue weighted by atomic mass is 9.93. The van der Waals surface area contributed by atoms with E-state index in [2.05, 4.69) is 27.7 Å². The van der Waals surface area contributed by atoms with Crippen LogP contribution in [0.15, 0.2) is 48.5 Å². The first-order valence-electron chi connectivity index (χ1n) is 12.4. The van der Waals surface area contributed by atoms with E-state index >= 15 is 0 Å². The molecular formula is C28H38O6. The van der Waals surface area contributed by atoms with Crippen molar-refractivity contribution < 1.29 is 30.6 Å². The number of benzene rings is 2. The van der Waals surface area contributed by atoms with Crippen molar-refractivity contribution >= 4 is 0 Å². The summed E-state index contributed by atoms with van der Waals surface area (Å²) in [5, 5.41) is 65.7. The van der Waals surface area contributed by atoms with Crippen LogP contribution in [0.4, 0.5) is 0 Å². The highest BCUT2D eigenvalue weighted by molar-refractivity contribution is 5.56. The minimum Gasteiger partial charge on any atom is -0.394 e. The fourth-order valence-electron chi connectivity index (χ4n) is 5.88. The Labute approximate surface area is 201 Å². The van der Waals surface area contributed by atoms with E-state index in [4.69, 9.17) is 0 Å². The molecule has 2 aliphatic rings. The van der Waals surface area contributed by atoms with Gasteiger partial charge in [-0.2, -0.15) is 0 Å². The molecule has 0 saturated heterocycles. The van der Waals surface area contributed by atoms with Gasteiger partial charge in [-0.1, -0.05) is 76.2 Å². The van der Waals surface area contributed by atoms with Gasteiger partial charge in [-0.05, 0) is 46.9 Å². The fraction of sp³-hybridized carbons (Fsp3) is 0.571. The minimum absolute atomic E-state index is 0.339. The van der Waals surface area contributed by atoms with Crippen molar-refractivity contribution in [3.8, 4) is 0 Å². The molecular weight excluding hydrogens is 432 g/mol. The summed E-state index contributed by atoms with van der Waals surface area (Å²) in [5.74, 6) is -1.19. The highest BCUT2D eigenvalue weighted by atomic mass is 16.5. The van der Waals surface area contributed by atoms with Crippen LogP contribution in [-0.4, -0.2) is 66.3 Å². The monoisotopic (exact) mass is 470 g/mol. The molecule has 0 bridgehead atoms. The first-order valence-corrected chi connectivity index (χ1v) is 12.4. The number of hydrogen-bond donors (Lipinski definition) is 6. The van der Waals surface area contributed by atoms with E-state index in [1.165, 1.54) is 0 Å². The molecule has 2 aromatic rings. The van der Waals surface area contributed by atoms with E-state index in [-0.39, 0.29) is 0 Å². The van der Waals surface area contributed by atoms with Gasteiger partial charge in [0.25, 0.3) is 0 Å². The Bertz CT molecular complexity index is 1010. The van der Waals surface area contributed by atoms with Crippen molar-refractivity contribution in [1.82, 2.24) is 0 Å². The first kappa shape index (κ1) is 25.3. The van der Waals surface area contributed by atoms with Gasteiger partial charge in [0.1, 0.15) is 22.9 Å². The van der Waals surface area contributed by atoms with Gasteiger partial charge in [0.15, 0.2) is 0 Å². The molecule has 0 aromatic heterocycles. The van der Waals surface area contributed by atoms with Gasteiger partial charge in [0.05, 0.1) is 18.6 Å². The highest BCUT2D eigenvalue weighted by Crippen LogP contribution is 2.75. The normalized spacial score (nSPS) is 37.2. The summed E-state index contributed by atoms with van der Waals surface area (Å²) in [6.45, 7) is 7.63. The lowest BCUT2D eigenvalue weighted by Crippen LogP contribution is -2.49. The van der Waals surface area contributed by atoms with Crippen LogP contribution in [0.5, 0.6) is 0 Å². The van der Waals surface area contributed by atoms with Crippen LogP contribution >= 0.6 is 0 Å². The van der Waals surface area contributed by atoms with Gasteiger partial charge < -0.3 is 30.6 Å². The smallest absolute Gasteiger partial charge is 0.138 e. The number of hydrogen-bond acceptors (Lipinski definition) is 6. The molecule has 34 heavy (non-hydrogen) atoms. The van der Waals surface area contributed by atoms with Gasteiger partial charge >= 0.3 is 0 Å². The fourth-order valence-corrected chi connectivity index (χ4v) is 5.88. The van der Waals surface area contributed by atoms with E-state index in [9.17, 15) is 30.6 Å². The minimum atomic E-state index is -2.24. The molecule has 0 heterocycles. The Kier molecular flexibility index (Phi) is 6.47. The zero-order chi connectivity index (χ0) is 25.1. The van der Waals surface area contributed by atoms with Crippen LogP contribution in [0.1, 0.15) is 86.5 Å². The van der Waals surface area contributed by atoms with Gasteiger partial charge in [-0.25, -0.2) is 0 Å². The SMILES string of the molecule is CCC(C)c1ccc(C2C(O)[C@]2(O)[C@]2(O)C(c3ccc(C(C)CC)cc3)[C@@]2(O)[C@H](O)CO)cc1. The topological polar surface area (TPSA) is 121 Å². The first-order chi connectivity index (χ1) is 16.0. The molecule has 2 aliphatic carbocycles. The second kappa shape index (κ2) is 8.70. The Hall–Kier alpha value is -1.80. The van der Waals surface area contributed by atoms with Gasteiger partial charge in [0, 0.05) is 5.92 Å². The van der Waals surface area contributed by atoms with E-state index < -0.39 is 47.5 Å². The number of aliphatic hydroxyl groups is 6. The van der Waals surface area contributed by atoms with Crippen molar-refractivity contribution in [3.05, 3.63) is 70.8 Å². The van der Waals surface area contributed by atoms with Gasteiger partial charge in [0.2, 0.25) is 0 Å². The van der Waals surface area contributed by atoms with Crippen LogP contribution < -0.4 is 0 Å². The average Bonchev–Trinajstić information content (AvgIpc) is 3.63. The maximum atomic E-state index is 11.7. The Morgan fingerprint density at radius 3 is 1.65 bits per heavy atom. The van der Waals surface area contributed by atoms with Crippen LogP contribution in [0, 0.1) is 0 Å². The molecule has 186 valence electrons. The van der Waals surface area contributed by atoms with Crippen LogP contribution in [0.2, 0.25) is 0 Å². The van der Waals surface area contributed by atoms with E-state index in [0.29, 0.717) is 23.0 Å². The zero-order valence-corrected chi connectivity index (χ0v) is 20.4. The maximum Gasteiger partial charge on any atom is 0.138 e. The number of rotatable bonds is 9. The molecule has 9 atom stereocenters. The Morgan fingerprint density at radius 1 is 0.794 bits per heavy atom. The van der Waals surface area contributed by atoms with Crippen molar-refractivity contribution in [2.24, 2.45) is 0 Å². The molecule has 0 aliphatic heterocycles. The molecule has 2 fully saturated rings. The molecule has 6 N–H and O–H groups in total. The van der Waals surface area contributed by atoms with E-state index in [1.54, 1.807) is 12.1 Å². The van der Waals surface area contributed by atoms with E-state index in [0.717, 1.165) is 24.0 Å². The molecule has 0 amide bonds. The summed E-state index contributed by atoms with van der Waals surface area (Å²) >= 11 is 0. The lowest BCUT2D eigenvalue weighted by Gasteiger charge is -2.25. The molecule has 4 rings (SSSR count). The second-order valence-electron chi connectivity index (χ2n) is 10.4. The summed E-state index contributed by atoms with van der Waals surface area (Å²) < 4.78 is 0. The lowest BCUT2D eigenvalue weighted by molar-refractivity contribution is -0.134. The van der Waals surface area contributed by atoms with Crippen molar-refractivity contribution in [3.63, 3.8) is 0 Å². The molecule has 2 saturated carbocycles. The highest BCUT2D eigenvalue weighted by Gasteiger charge is 2.94. The molecule has 6 nitrogen and oxygen atoms in total. The quantitative estimate of drug-likeness (QED) is 0.335. The van der Waals surface area contributed by atoms with Crippen molar-refractivity contribution in [2.45, 2.75) is 93.2 Å². The molecule has 0 radical (unpaired) electrons. The summed E-state index contributed by atoms with van der Waals surface area (Å²) in [7, 11) is 0. The summed E-state index contributed by atoms with van der Waals surface area (Å²) in [4.78, 5) is 0. The third-order valence-electron chi connectivity index (χ3n) is 8.74. The zero-order valence-electron chi connectivity index (χ0n) is 20.4.